The molecule has 0 amide bonds. The molecule has 0 spiro atoms. The Kier molecular flexibility index (Phi) is 7.04. The fourth-order valence-corrected chi connectivity index (χ4v) is 9.60. The van der Waals surface area contributed by atoms with Crippen LogP contribution in [0.3, 0.4) is 0 Å². The van der Waals surface area contributed by atoms with Crippen molar-refractivity contribution in [2.75, 3.05) is 0 Å². The third-order valence-electron chi connectivity index (χ3n) is 11.3. The number of aliphatic hydroxyl groups is 2. The second kappa shape index (κ2) is 9.12. The molecule has 4 nitrogen and oxygen atoms in total. The van der Waals surface area contributed by atoms with Crippen molar-refractivity contribution in [3.63, 3.8) is 0 Å². The van der Waals surface area contributed by atoms with Crippen LogP contribution in [0.4, 0.5) is 0 Å². The third-order valence-corrected chi connectivity index (χ3v) is 11.3. The van der Waals surface area contributed by atoms with E-state index in [1.807, 2.05) is 0 Å². The lowest BCUT2D eigenvalue weighted by atomic mass is 9.42. The van der Waals surface area contributed by atoms with Gasteiger partial charge in [0.1, 0.15) is 6.10 Å². The standard InChI is InChI=1S/C29H50O4/c1-18(2)8-7-9-19(3)23-10-11-24-22-16-26(31)29(32)17-21(33-20(4)30)12-15-28(29,6)25(22)13-14-27(23,24)5/h18-19,21-26,31-32H,7-17H2,1-6H3/t19-,21+,22+,23-,24+,25+,26-,27-,28-,29+/m1/s1. The Bertz CT molecular complexity index is 720. The highest BCUT2D eigenvalue weighted by molar-refractivity contribution is 5.66. The van der Waals surface area contributed by atoms with Gasteiger partial charge < -0.3 is 14.9 Å². The fourth-order valence-electron chi connectivity index (χ4n) is 9.60. The molecule has 4 aliphatic rings. The largest absolute Gasteiger partial charge is 0.462 e. The summed E-state index contributed by atoms with van der Waals surface area (Å²) in [4.78, 5) is 11.5. The second-order valence-corrected chi connectivity index (χ2v) is 13.5. The molecule has 4 fully saturated rings. The minimum absolute atomic E-state index is 0.275. The van der Waals surface area contributed by atoms with Gasteiger partial charge in [-0.2, -0.15) is 0 Å². The van der Waals surface area contributed by atoms with Crippen LogP contribution in [0, 0.1) is 46.3 Å². The summed E-state index contributed by atoms with van der Waals surface area (Å²) in [6.45, 7) is 13.4. The maximum Gasteiger partial charge on any atom is 0.302 e. The van der Waals surface area contributed by atoms with Gasteiger partial charge in [-0.25, -0.2) is 0 Å². The van der Waals surface area contributed by atoms with Crippen LogP contribution in [0.25, 0.3) is 0 Å². The fraction of sp³-hybridized carbons (Fsp3) is 0.966. The van der Waals surface area contributed by atoms with Gasteiger partial charge in [0.05, 0.1) is 11.7 Å². The highest BCUT2D eigenvalue weighted by Crippen LogP contribution is 2.69. The van der Waals surface area contributed by atoms with Gasteiger partial charge in [0.15, 0.2) is 0 Å². The van der Waals surface area contributed by atoms with Gasteiger partial charge in [0.2, 0.25) is 0 Å². The van der Waals surface area contributed by atoms with Crippen LogP contribution in [0.15, 0.2) is 0 Å². The number of hydrogen-bond donors (Lipinski definition) is 2. The summed E-state index contributed by atoms with van der Waals surface area (Å²) in [5, 5.41) is 23.3. The molecule has 0 saturated heterocycles. The van der Waals surface area contributed by atoms with Crippen molar-refractivity contribution in [2.24, 2.45) is 46.3 Å². The van der Waals surface area contributed by atoms with Gasteiger partial charge >= 0.3 is 5.97 Å². The smallest absolute Gasteiger partial charge is 0.302 e. The zero-order valence-electron chi connectivity index (χ0n) is 22.1. The second-order valence-electron chi connectivity index (χ2n) is 13.5. The highest BCUT2D eigenvalue weighted by atomic mass is 16.5. The molecule has 4 aliphatic carbocycles. The Hall–Kier alpha value is -0.610. The molecule has 4 rings (SSSR count). The molecular weight excluding hydrogens is 412 g/mol. The quantitative estimate of drug-likeness (QED) is 0.466. The van der Waals surface area contributed by atoms with E-state index >= 15 is 0 Å². The Morgan fingerprint density at radius 3 is 2.42 bits per heavy atom. The molecule has 0 bridgehead atoms. The van der Waals surface area contributed by atoms with E-state index in [1.54, 1.807) is 0 Å². The predicted molar refractivity (Wildman–Crippen MR) is 131 cm³/mol. The lowest BCUT2D eigenvalue weighted by Gasteiger charge is -2.65. The molecule has 0 aliphatic heterocycles. The average Bonchev–Trinajstić information content (AvgIpc) is 3.07. The number of hydrogen-bond acceptors (Lipinski definition) is 4. The molecule has 0 heterocycles. The van der Waals surface area contributed by atoms with Crippen LogP contribution in [0.2, 0.25) is 0 Å². The van der Waals surface area contributed by atoms with Crippen LogP contribution >= 0.6 is 0 Å². The summed E-state index contributed by atoms with van der Waals surface area (Å²) in [6, 6.07) is 0. The summed E-state index contributed by atoms with van der Waals surface area (Å²) >= 11 is 0. The normalized spacial score (nSPS) is 48.0. The predicted octanol–water partition coefficient (Wildman–Crippen LogP) is 6.13. The minimum atomic E-state index is -1.15. The molecule has 190 valence electrons. The number of carbonyl (C=O) groups excluding carboxylic acids is 1. The van der Waals surface area contributed by atoms with Crippen molar-refractivity contribution in [1.82, 2.24) is 0 Å². The van der Waals surface area contributed by atoms with E-state index in [0.29, 0.717) is 36.0 Å². The van der Waals surface area contributed by atoms with E-state index in [2.05, 4.69) is 34.6 Å². The number of fused-ring (bicyclic) bond motifs is 5. The Balaban J connectivity index is 1.51. The van der Waals surface area contributed by atoms with Gasteiger partial charge in [-0.15, -0.1) is 0 Å². The van der Waals surface area contributed by atoms with E-state index in [4.69, 9.17) is 4.74 Å². The van der Waals surface area contributed by atoms with E-state index in [9.17, 15) is 15.0 Å². The van der Waals surface area contributed by atoms with Crippen LogP contribution in [-0.2, 0) is 9.53 Å². The van der Waals surface area contributed by atoms with Crippen molar-refractivity contribution < 1.29 is 19.7 Å². The average molecular weight is 463 g/mol. The highest BCUT2D eigenvalue weighted by Gasteiger charge is 2.67. The van der Waals surface area contributed by atoms with Crippen molar-refractivity contribution in [3.8, 4) is 0 Å². The molecule has 10 atom stereocenters. The lowest BCUT2D eigenvalue weighted by molar-refractivity contribution is -0.266. The minimum Gasteiger partial charge on any atom is -0.462 e. The van der Waals surface area contributed by atoms with E-state index in [-0.39, 0.29) is 17.5 Å². The number of aliphatic hydroxyl groups excluding tert-OH is 1. The Morgan fingerprint density at radius 1 is 1.03 bits per heavy atom. The first-order chi connectivity index (χ1) is 15.4. The lowest BCUT2D eigenvalue weighted by Crippen LogP contribution is -2.68. The van der Waals surface area contributed by atoms with Crippen molar-refractivity contribution in [1.29, 1.82) is 0 Å². The maximum absolute atomic E-state index is 11.9. The van der Waals surface area contributed by atoms with Crippen LogP contribution in [0.5, 0.6) is 0 Å². The van der Waals surface area contributed by atoms with Gasteiger partial charge in [0, 0.05) is 18.8 Å². The van der Waals surface area contributed by atoms with E-state index in [0.717, 1.165) is 37.0 Å². The third kappa shape index (κ3) is 4.20. The molecule has 0 aromatic rings. The molecule has 4 saturated carbocycles. The summed E-state index contributed by atoms with van der Waals surface area (Å²) in [5.41, 5.74) is -1.07. The first-order valence-electron chi connectivity index (χ1n) is 14.0. The number of carbonyl (C=O) groups is 1. The first kappa shape index (κ1) is 25.5. The molecule has 0 aromatic carbocycles. The van der Waals surface area contributed by atoms with Crippen LogP contribution in [0.1, 0.15) is 112 Å². The molecule has 0 aromatic heterocycles. The number of esters is 1. The number of ether oxygens (including phenoxy) is 1. The van der Waals surface area contributed by atoms with Crippen molar-refractivity contribution in [3.05, 3.63) is 0 Å². The van der Waals surface area contributed by atoms with E-state index < -0.39 is 11.7 Å². The summed E-state index contributed by atoms with van der Waals surface area (Å²) in [7, 11) is 0. The zero-order valence-corrected chi connectivity index (χ0v) is 22.1. The summed E-state index contributed by atoms with van der Waals surface area (Å²) in [5.74, 6) is 3.69. The molecule has 0 unspecified atom stereocenters. The van der Waals surface area contributed by atoms with Crippen molar-refractivity contribution >= 4 is 5.97 Å². The molecule has 33 heavy (non-hydrogen) atoms. The first-order valence-corrected chi connectivity index (χ1v) is 14.0. The summed E-state index contributed by atoms with van der Waals surface area (Å²) < 4.78 is 5.50. The molecular formula is C29H50O4. The Labute approximate surface area is 202 Å². The van der Waals surface area contributed by atoms with Gasteiger partial charge in [0.25, 0.3) is 0 Å². The van der Waals surface area contributed by atoms with Gasteiger partial charge in [-0.3, -0.25) is 4.79 Å². The molecule has 2 N–H and O–H groups in total. The molecule has 0 radical (unpaired) electrons. The SMILES string of the molecule is CC(=O)O[C@H]1CC[C@]2(C)[C@H]3CC[C@]4(C)[C@@H]([C@H](C)CCCC(C)C)CC[C@H]4[C@@H]3C[C@@H](O)[C@@]2(O)C1. The monoisotopic (exact) mass is 462 g/mol. The van der Waals surface area contributed by atoms with Crippen LogP contribution in [-0.4, -0.2) is 34.0 Å². The maximum atomic E-state index is 11.9. The van der Waals surface area contributed by atoms with Gasteiger partial charge in [-0.05, 0) is 85.9 Å². The Morgan fingerprint density at radius 2 is 1.76 bits per heavy atom. The van der Waals surface area contributed by atoms with E-state index in [1.165, 1.54) is 45.4 Å². The topological polar surface area (TPSA) is 66.8 Å². The zero-order chi connectivity index (χ0) is 24.2. The van der Waals surface area contributed by atoms with Crippen LogP contribution < -0.4 is 0 Å². The molecule has 4 heteroatoms. The number of rotatable bonds is 6. The van der Waals surface area contributed by atoms with Gasteiger partial charge in [-0.1, -0.05) is 53.9 Å². The summed E-state index contributed by atoms with van der Waals surface area (Å²) in [6.07, 6.45) is 10.8. The van der Waals surface area contributed by atoms with Crippen molar-refractivity contribution in [2.45, 2.75) is 130 Å².